The van der Waals surface area contributed by atoms with Gasteiger partial charge in [-0.3, -0.25) is 4.79 Å². The topological polar surface area (TPSA) is 41.1 Å². The molecular formula is C12H16BrClN2O. The van der Waals surface area contributed by atoms with Gasteiger partial charge in [0.05, 0.1) is 0 Å². The third-order valence-electron chi connectivity index (χ3n) is 2.38. The molecule has 0 saturated heterocycles. The van der Waals surface area contributed by atoms with Crippen LogP contribution < -0.4 is 10.6 Å². The van der Waals surface area contributed by atoms with Crippen molar-refractivity contribution in [3.05, 3.63) is 33.3 Å². The van der Waals surface area contributed by atoms with Gasteiger partial charge in [0.2, 0.25) is 5.91 Å². The Balaban J connectivity index is 2.46. The number of halogens is 2. The molecule has 0 aliphatic carbocycles. The molecule has 0 radical (unpaired) electrons. The van der Waals surface area contributed by atoms with Gasteiger partial charge in [-0.1, -0.05) is 33.6 Å². The zero-order valence-corrected chi connectivity index (χ0v) is 12.2. The second-order valence-corrected chi connectivity index (χ2v) is 5.15. The van der Waals surface area contributed by atoms with Gasteiger partial charge in [-0.05, 0) is 24.6 Å². The molecule has 5 heteroatoms. The van der Waals surface area contributed by atoms with Crippen LogP contribution >= 0.6 is 27.5 Å². The van der Waals surface area contributed by atoms with Crippen LogP contribution in [-0.2, 0) is 4.79 Å². The van der Waals surface area contributed by atoms with Gasteiger partial charge >= 0.3 is 0 Å². The Labute approximate surface area is 115 Å². The summed E-state index contributed by atoms with van der Waals surface area (Å²) < 4.78 is 0.969. The first-order valence-electron chi connectivity index (χ1n) is 5.43. The fourth-order valence-corrected chi connectivity index (χ4v) is 2.33. The van der Waals surface area contributed by atoms with Gasteiger partial charge in [0, 0.05) is 35.6 Å². The molecule has 1 aromatic carbocycles. The number of hydrogen-bond acceptors (Lipinski definition) is 2. The van der Waals surface area contributed by atoms with E-state index in [9.17, 15) is 4.79 Å². The van der Waals surface area contributed by atoms with Crippen LogP contribution in [0.25, 0.3) is 0 Å². The summed E-state index contributed by atoms with van der Waals surface area (Å²) in [6.45, 7) is 4.89. The molecule has 1 atom stereocenters. The molecule has 2 N–H and O–H groups in total. The van der Waals surface area contributed by atoms with Crippen molar-refractivity contribution < 1.29 is 4.79 Å². The van der Waals surface area contributed by atoms with Gasteiger partial charge in [-0.25, -0.2) is 0 Å². The van der Waals surface area contributed by atoms with Crippen molar-refractivity contribution in [1.82, 2.24) is 10.6 Å². The third-order valence-corrected chi connectivity index (χ3v) is 3.20. The van der Waals surface area contributed by atoms with E-state index < -0.39 is 0 Å². The van der Waals surface area contributed by atoms with Crippen molar-refractivity contribution in [1.29, 1.82) is 0 Å². The van der Waals surface area contributed by atoms with Gasteiger partial charge in [0.25, 0.3) is 0 Å². The molecule has 0 heterocycles. The highest BCUT2D eigenvalue weighted by molar-refractivity contribution is 9.10. The highest BCUT2D eigenvalue weighted by Gasteiger charge is 2.08. The van der Waals surface area contributed by atoms with E-state index in [0.29, 0.717) is 13.1 Å². The lowest BCUT2D eigenvalue weighted by atomic mass is 10.1. The number of rotatable bonds is 5. The minimum atomic E-state index is -0.0128. The maximum Gasteiger partial charge on any atom is 0.216 e. The number of amides is 1. The Kier molecular flexibility index (Phi) is 5.95. The van der Waals surface area contributed by atoms with Crippen LogP contribution in [0.5, 0.6) is 0 Å². The van der Waals surface area contributed by atoms with E-state index in [2.05, 4.69) is 26.6 Å². The third kappa shape index (κ3) is 5.06. The van der Waals surface area contributed by atoms with Crippen LogP contribution in [0.2, 0.25) is 5.02 Å². The van der Waals surface area contributed by atoms with Gasteiger partial charge in [0.1, 0.15) is 0 Å². The van der Waals surface area contributed by atoms with E-state index in [-0.39, 0.29) is 11.9 Å². The van der Waals surface area contributed by atoms with Gasteiger partial charge in [-0.15, -0.1) is 0 Å². The molecule has 0 aliphatic rings. The van der Waals surface area contributed by atoms with Crippen molar-refractivity contribution in [3.8, 4) is 0 Å². The normalized spacial score (nSPS) is 12.2. The maximum absolute atomic E-state index is 10.7. The standard InChI is InChI=1S/C12H16BrClN2O/c1-8(15-5-6-16-9(2)17)11-4-3-10(13)7-12(11)14/h3-4,7-8,15H,5-6H2,1-2H3,(H,16,17). The van der Waals surface area contributed by atoms with E-state index in [1.165, 1.54) is 6.92 Å². The van der Waals surface area contributed by atoms with Crippen LogP contribution in [0.1, 0.15) is 25.5 Å². The summed E-state index contributed by atoms with van der Waals surface area (Å²) in [5.41, 5.74) is 1.05. The van der Waals surface area contributed by atoms with Crippen LogP contribution in [0.4, 0.5) is 0 Å². The van der Waals surface area contributed by atoms with Crippen LogP contribution in [0.3, 0.4) is 0 Å². The van der Waals surface area contributed by atoms with E-state index in [1.54, 1.807) is 0 Å². The molecule has 1 unspecified atom stereocenters. The van der Waals surface area contributed by atoms with Gasteiger partial charge in [-0.2, -0.15) is 0 Å². The molecule has 0 saturated carbocycles. The fraction of sp³-hybridized carbons (Fsp3) is 0.417. The van der Waals surface area contributed by atoms with Crippen molar-refractivity contribution in [3.63, 3.8) is 0 Å². The number of benzene rings is 1. The van der Waals surface area contributed by atoms with Crippen LogP contribution in [0.15, 0.2) is 22.7 Å². The molecule has 17 heavy (non-hydrogen) atoms. The summed E-state index contributed by atoms with van der Waals surface area (Å²) in [7, 11) is 0. The quantitative estimate of drug-likeness (QED) is 0.819. The highest BCUT2D eigenvalue weighted by Crippen LogP contribution is 2.26. The lowest BCUT2D eigenvalue weighted by molar-refractivity contribution is -0.118. The largest absolute Gasteiger partial charge is 0.355 e. The summed E-state index contributed by atoms with van der Waals surface area (Å²) in [5, 5.41) is 6.77. The van der Waals surface area contributed by atoms with E-state index in [1.807, 2.05) is 25.1 Å². The zero-order valence-electron chi connectivity index (χ0n) is 9.89. The van der Waals surface area contributed by atoms with Crippen molar-refractivity contribution in [2.24, 2.45) is 0 Å². The number of carbonyl (C=O) groups is 1. The molecule has 94 valence electrons. The molecule has 0 aliphatic heterocycles. The Morgan fingerprint density at radius 1 is 1.47 bits per heavy atom. The summed E-state index contributed by atoms with van der Waals surface area (Å²) in [5.74, 6) is -0.0128. The molecule has 0 aromatic heterocycles. The molecule has 3 nitrogen and oxygen atoms in total. The van der Waals surface area contributed by atoms with Gasteiger partial charge < -0.3 is 10.6 Å². The molecule has 0 spiro atoms. The van der Waals surface area contributed by atoms with Gasteiger partial charge in [0.15, 0.2) is 0 Å². The SMILES string of the molecule is CC(=O)NCCNC(C)c1ccc(Br)cc1Cl. The molecular weight excluding hydrogens is 304 g/mol. The minimum Gasteiger partial charge on any atom is -0.355 e. The summed E-state index contributed by atoms with van der Waals surface area (Å²) >= 11 is 9.52. The molecule has 1 aromatic rings. The smallest absolute Gasteiger partial charge is 0.216 e. The second-order valence-electron chi connectivity index (χ2n) is 3.82. The molecule has 1 rings (SSSR count). The Morgan fingerprint density at radius 3 is 2.76 bits per heavy atom. The predicted molar refractivity (Wildman–Crippen MR) is 74.3 cm³/mol. The first-order chi connectivity index (χ1) is 8.00. The molecule has 1 amide bonds. The Morgan fingerprint density at radius 2 is 2.18 bits per heavy atom. The van der Waals surface area contributed by atoms with Crippen molar-refractivity contribution in [2.75, 3.05) is 13.1 Å². The van der Waals surface area contributed by atoms with E-state index in [0.717, 1.165) is 15.1 Å². The summed E-state index contributed by atoms with van der Waals surface area (Å²) in [6, 6.07) is 5.99. The average molecular weight is 320 g/mol. The minimum absolute atomic E-state index is 0.0128. The lowest BCUT2D eigenvalue weighted by Crippen LogP contribution is -2.31. The maximum atomic E-state index is 10.7. The van der Waals surface area contributed by atoms with E-state index >= 15 is 0 Å². The average Bonchev–Trinajstić information content (AvgIpc) is 2.23. The van der Waals surface area contributed by atoms with E-state index in [4.69, 9.17) is 11.6 Å². The number of nitrogens with one attached hydrogen (secondary N) is 2. The predicted octanol–water partition coefficient (Wildman–Crippen LogP) is 2.89. The fourth-order valence-electron chi connectivity index (χ4n) is 1.49. The molecule has 0 bridgehead atoms. The first-order valence-corrected chi connectivity index (χ1v) is 6.60. The second kappa shape index (κ2) is 6.99. The number of carbonyl (C=O) groups excluding carboxylic acids is 1. The Hall–Kier alpha value is -0.580. The van der Waals surface area contributed by atoms with Crippen LogP contribution in [-0.4, -0.2) is 19.0 Å². The lowest BCUT2D eigenvalue weighted by Gasteiger charge is -2.16. The molecule has 0 fully saturated rings. The summed E-state index contributed by atoms with van der Waals surface area (Å²) in [6.07, 6.45) is 0. The van der Waals surface area contributed by atoms with Crippen molar-refractivity contribution >= 4 is 33.4 Å². The van der Waals surface area contributed by atoms with Crippen LogP contribution in [0, 0.1) is 0 Å². The first kappa shape index (κ1) is 14.5. The highest BCUT2D eigenvalue weighted by atomic mass is 79.9. The zero-order chi connectivity index (χ0) is 12.8. The summed E-state index contributed by atoms with van der Waals surface area (Å²) in [4.78, 5) is 10.7. The monoisotopic (exact) mass is 318 g/mol. The van der Waals surface area contributed by atoms with Crippen molar-refractivity contribution in [2.45, 2.75) is 19.9 Å². The Bertz CT molecular complexity index is 398. The number of hydrogen-bond donors (Lipinski definition) is 2.